The van der Waals surface area contributed by atoms with Crippen molar-refractivity contribution < 1.29 is 9.47 Å². The van der Waals surface area contributed by atoms with Crippen molar-refractivity contribution in [3.8, 4) is 11.5 Å². The van der Waals surface area contributed by atoms with Crippen LogP contribution in [0.5, 0.6) is 11.5 Å². The average molecular weight is 291 g/mol. The zero-order valence-corrected chi connectivity index (χ0v) is 13.6. The van der Waals surface area contributed by atoms with Crippen molar-refractivity contribution in [2.45, 2.75) is 33.7 Å². The minimum absolute atomic E-state index is 0.650. The number of benzene rings is 1. The lowest BCUT2D eigenvalue weighted by Crippen LogP contribution is -2.08. The molecule has 1 heterocycles. The average Bonchev–Trinajstić information content (AvgIpc) is 2.80. The van der Waals surface area contributed by atoms with Crippen molar-refractivity contribution in [1.82, 2.24) is 9.55 Å². The van der Waals surface area contributed by atoms with Gasteiger partial charge in [-0.2, -0.15) is 0 Å². The van der Waals surface area contributed by atoms with Gasteiger partial charge in [-0.3, -0.25) is 0 Å². The highest BCUT2D eigenvalue weighted by Crippen LogP contribution is 2.33. The van der Waals surface area contributed by atoms with E-state index in [0.717, 1.165) is 42.2 Å². The molecule has 21 heavy (non-hydrogen) atoms. The van der Waals surface area contributed by atoms with Gasteiger partial charge in [0.25, 0.3) is 0 Å². The van der Waals surface area contributed by atoms with E-state index in [0.29, 0.717) is 11.7 Å². The van der Waals surface area contributed by atoms with Crippen LogP contribution in [0.1, 0.15) is 27.2 Å². The molecule has 0 aliphatic heterocycles. The molecular weight excluding hydrogens is 266 g/mol. The van der Waals surface area contributed by atoms with Crippen LogP contribution in [0.25, 0.3) is 11.0 Å². The molecule has 5 heteroatoms. The summed E-state index contributed by atoms with van der Waals surface area (Å²) in [6, 6.07) is 3.93. The van der Waals surface area contributed by atoms with Gasteiger partial charge in [0.2, 0.25) is 5.95 Å². The van der Waals surface area contributed by atoms with Gasteiger partial charge in [-0.05, 0) is 19.3 Å². The van der Waals surface area contributed by atoms with Crippen LogP contribution in [0.2, 0.25) is 0 Å². The molecular formula is C16H25N3O2. The number of hydrogen-bond acceptors (Lipinski definition) is 4. The molecule has 5 nitrogen and oxygen atoms in total. The van der Waals surface area contributed by atoms with Crippen LogP contribution in [0.15, 0.2) is 12.1 Å². The fourth-order valence-electron chi connectivity index (χ4n) is 2.36. The highest BCUT2D eigenvalue weighted by atomic mass is 16.5. The Labute approximate surface area is 126 Å². The maximum absolute atomic E-state index is 5.41. The second-order valence-corrected chi connectivity index (χ2v) is 5.50. The second kappa shape index (κ2) is 6.70. The van der Waals surface area contributed by atoms with E-state index in [2.05, 4.69) is 35.6 Å². The molecule has 0 spiro atoms. The molecule has 0 aliphatic rings. The van der Waals surface area contributed by atoms with E-state index < -0.39 is 0 Å². The van der Waals surface area contributed by atoms with Gasteiger partial charge in [0.05, 0.1) is 25.3 Å². The van der Waals surface area contributed by atoms with Crippen LogP contribution >= 0.6 is 0 Å². The van der Waals surface area contributed by atoms with Gasteiger partial charge in [-0.25, -0.2) is 4.98 Å². The highest BCUT2D eigenvalue weighted by molar-refractivity contribution is 5.82. The summed E-state index contributed by atoms with van der Waals surface area (Å²) in [5.74, 6) is 3.00. The summed E-state index contributed by atoms with van der Waals surface area (Å²) in [4.78, 5) is 4.68. The molecule has 0 unspecified atom stereocenters. The number of hydrogen-bond donors (Lipinski definition) is 1. The van der Waals surface area contributed by atoms with Crippen molar-refractivity contribution in [2.75, 3.05) is 26.1 Å². The van der Waals surface area contributed by atoms with Crippen molar-refractivity contribution in [1.29, 1.82) is 0 Å². The van der Waals surface area contributed by atoms with E-state index in [1.807, 2.05) is 12.1 Å². The van der Waals surface area contributed by atoms with E-state index >= 15 is 0 Å². The number of aryl methyl sites for hydroxylation is 1. The minimum Gasteiger partial charge on any atom is -0.493 e. The first kappa shape index (κ1) is 15.5. The van der Waals surface area contributed by atoms with Crippen molar-refractivity contribution in [3.05, 3.63) is 12.1 Å². The zero-order valence-electron chi connectivity index (χ0n) is 13.6. The van der Waals surface area contributed by atoms with Crippen LogP contribution in [0, 0.1) is 5.92 Å². The molecule has 0 saturated heterocycles. The molecule has 2 rings (SSSR count). The summed E-state index contributed by atoms with van der Waals surface area (Å²) in [6.07, 6.45) is 1.11. The summed E-state index contributed by atoms with van der Waals surface area (Å²) in [5, 5.41) is 3.33. The van der Waals surface area contributed by atoms with E-state index in [-0.39, 0.29) is 0 Å². The molecule has 0 saturated carbocycles. The molecule has 0 atom stereocenters. The maximum atomic E-state index is 5.41. The van der Waals surface area contributed by atoms with Crippen LogP contribution in [-0.2, 0) is 6.54 Å². The Bertz CT molecular complexity index is 605. The third-order valence-electron chi connectivity index (χ3n) is 3.52. The number of methoxy groups -OCH3 is 2. The second-order valence-electron chi connectivity index (χ2n) is 5.50. The normalized spacial score (nSPS) is 11.1. The predicted octanol–water partition coefficient (Wildman–Crippen LogP) is 3.53. The number of ether oxygens (including phenoxy) is 2. The summed E-state index contributed by atoms with van der Waals surface area (Å²) < 4.78 is 13.0. The predicted molar refractivity (Wildman–Crippen MR) is 86.5 cm³/mol. The van der Waals surface area contributed by atoms with E-state index in [9.17, 15) is 0 Å². The quantitative estimate of drug-likeness (QED) is 0.847. The lowest BCUT2D eigenvalue weighted by molar-refractivity contribution is 0.355. The van der Waals surface area contributed by atoms with E-state index in [1.54, 1.807) is 14.2 Å². The SMILES string of the molecule is CCNc1nc2cc(OC)c(OC)cc2n1CCC(C)C. The molecule has 2 aromatic rings. The molecule has 0 bridgehead atoms. The third kappa shape index (κ3) is 3.23. The van der Waals surface area contributed by atoms with Crippen molar-refractivity contribution in [2.24, 2.45) is 5.92 Å². The Morgan fingerprint density at radius 3 is 2.43 bits per heavy atom. The first-order chi connectivity index (χ1) is 10.1. The minimum atomic E-state index is 0.650. The van der Waals surface area contributed by atoms with Gasteiger partial charge < -0.3 is 19.4 Å². The highest BCUT2D eigenvalue weighted by Gasteiger charge is 2.15. The number of nitrogens with one attached hydrogen (secondary N) is 1. The van der Waals surface area contributed by atoms with Crippen LogP contribution in [0.3, 0.4) is 0 Å². The standard InChI is InChI=1S/C16H25N3O2/c1-6-17-16-18-12-9-14(20-4)15(21-5)10-13(12)19(16)8-7-11(2)3/h9-11H,6-8H2,1-5H3,(H,17,18). The lowest BCUT2D eigenvalue weighted by atomic mass is 10.1. The van der Waals surface area contributed by atoms with Crippen LogP contribution in [0.4, 0.5) is 5.95 Å². The smallest absolute Gasteiger partial charge is 0.203 e. The molecule has 1 aromatic carbocycles. The van der Waals surface area contributed by atoms with Gasteiger partial charge in [0.1, 0.15) is 0 Å². The molecule has 0 fully saturated rings. The van der Waals surface area contributed by atoms with Gasteiger partial charge in [-0.15, -0.1) is 0 Å². The Morgan fingerprint density at radius 1 is 1.19 bits per heavy atom. The number of imidazole rings is 1. The van der Waals surface area contributed by atoms with Gasteiger partial charge in [-0.1, -0.05) is 13.8 Å². The molecule has 0 aliphatic carbocycles. The molecule has 0 amide bonds. The Hall–Kier alpha value is -1.91. The lowest BCUT2D eigenvalue weighted by Gasteiger charge is -2.12. The van der Waals surface area contributed by atoms with E-state index in [4.69, 9.17) is 9.47 Å². The fraction of sp³-hybridized carbons (Fsp3) is 0.562. The summed E-state index contributed by atoms with van der Waals surface area (Å²) in [6.45, 7) is 8.32. The Morgan fingerprint density at radius 2 is 1.86 bits per heavy atom. The summed E-state index contributed by atoms with van der Waals surface area (Å²) >= 11 is 0. The monoisotopic (exact) mass is 291 g/mol. The largest absolute Gasteiger partial charge is 0.493 e. The number of rotatable bonds is 7. The first-order valence-corrected chi connectivity index (χ1v) is 7.46. The number of fused-ring (bicyclic) bond motifs is 1. The topological polar surface area (TPSA) is 48.3 Å². The third-order valence-corrected chi connectivity index (χ3v) is 3.52. The molecule has 116 valence electrons. The summed E-state index contributed by atoms with van der Waals surface area (Å²) in [7, 11) is 3.30. The molecule has 0 radical (unpaired) electrons. The maximum Gasteiger partial charge on any atom is 0.203 e. The first-order valence-electron chi connectivity index (χ1n) is 7.46. The van der Waals surface area contributed by atoms with Crippen LogP contribution in [-0.4, -0.2) is 30.3 Å². The molecule has 1 N–H and O–H groups in total. The Balaban J connectivity index is 2.52. The fourth-order valence-corrected chi connectivity index (χ4v) is 2.36. The number of nitrogens with zero attached hydrogens (tertiary/aromatic N) is 2. The van der Waals surface area contributed by atoms with Gasteiger partial charge >= 0.3 is 0 Å². The van der Waals surface area contributed by atoms with E-state index in [1.165, 1.54) is 0 Å². The zero-order chi connectivity index (χ0) is 15.4. The van der Waals surface area contributed by atoms with Crippen molar-refractivity contribution >= 4 is 17.0 Å². The van der Waals surface area contributed by atoms with Crippen LogP contribution < -0.4 is 14.8 Å². The number of anilines is 1. The molecule has 1 aromatic heterocycles. The Kier molecular flexibility index (Phi) is 4.94. The van der Waals surface area contributed by atoms with Gasteiger partial charge in [0.15, 0.2) is 11.5 Å². The van der Waals surface area contributed by atoms with Gasteiger partial charge in [0, 0.05) is 25.2 Å². The van der Waals surface area contributed by atoms with Crippen molar-refractivity contribution in [3.63, 3.8) is 0 Å². The number of aromatic nitrogens is 2. The summed E-state index contributed by atoms with van der Waals surface area (Å²) in [5.41, 5.74) is 2.00.